The molecule has 1 aliphatic heterocycles. The highest BCUT2D eigenvalue weighted by Gasteiger charge is 2.53. The normalized spacial score (nSPS) is 39.2. The summed E-state index contributed by atoms with van der Waals surface area (Å²) in [4.78, 5) is 2.59. The average molecular weight is 182 g/mol. The van der Waals surface area contributed by atoms with Gasteiger partial charge < -0.3 is 10.6 Å². The summed E-state index contributed by atoms with van der Waals surface area (Å²) >= 11 is 0. The molecule has 2 aliphatic rings. The zero-order valence-corrected chi connectivity index (χ0v) is 9.09. The van der Waals surface area contributed by atoms with Crippen molar-refractivity contribution in [2.75, 3.05) is 19.6 Å². The topological polar surface area (TPSA) is 29.3 Å². The number of hydrogen-bond donors (Lipinski definition) is 1. The summed E-state index contributed by atoms with van der Waals surface area (Å²) in [5.41, 5.74) is 6.37. The number of hydrogen-bond acceptors (Lipinski definition) is 2. The summed E-state index contributed by atoms with van der Waals surface area (Å²) in [6, 6.07) is 0.547. The summed E-state index contributed by atoms with van der Waals surface area (Å²) in [5, 5.41) is 0. The molecule has 0 spiro atoms. The lowest BCUT2D eigenvalue weighted by Crippen LogP contribution is -2.30. The summed E-state index contributed by atoms with van der Waals surface area (Å²) < 4.78 is 0. The van der Waals surface area contributed by atoms with Crippen LogP contribution >= 0.6 is 0 Å². The summed E-state index contributed by atoms with van der Waals surface area (Å²) in [6.45, 7) is 10.7. The van der Waals surface area contributed by atoms with Gasteiger partial charge in [0.05, 0.1) is 0 Å². The Morgan fingerprint density at radius 2 is 1.77 bits per heavy atom. The molecule has 13 heavy (non-hydrogen) atoms. The number of fused-ring (bicyclic) bond motifs is 1. The first-order valence-electron chi connectivity index (χ1n) is 5.45. The van der Waals surface area contributed by atoms with Crippen LogP contribution in [0.3, 0.4) is 0 Å². The number of piperidine rings is 1. The number of rotatable bonds is 2. The van der Waals surface area contributed by atoms with E-state index in [1.54, 1.807) is 0 Å². The first-order chi connectivity index (χ1) is 5.97. The van der Waals surface area contributed by atoms with Crippen LogP contribution in [0, 0.1) is 17.3 Å². The van der Waals surface area contributed by atoms with Crippen LogP contribution in [0.1, 0.15) is 27.2 Å². The molecule has 0 radical (unpaired) electrons. The minimum Gasteiger partial charge on any atom is -0.327 e. The smallest absolute Gasteiger partial charge is 0.0127 e. The zero-order chi connectivity index (χ0) is 9.64. The van der Waals surface area contributed by atoms with E-state index in [-0.39, 0.29) is 0 Å². The maximum Gasteiger partial charge on any atom is 0.0127 e. The Labute approximate surface area is 81.5 Å². The van der Waals surface area contributed by atoms with Crippen molar-refractivity contribution in [2.45, 2.75) is 33.2 Å². The molecule has 2 N–H and O–H groups in total. The molecule has 0 bridgehead atoms. The van der Waals surface area contributed by atoms with E-state index in [9.17, 15) is 0 Å². The van der Waals surface area contributed by atoms with Crippen molar-refractivity contribution in [2.24, 2.45) is 23.0 Å². The largest absolute Gasteiger partial charge is 0.327 e. The SMILES string of the molecule is CC(C)(C)CCN1C[C@@H]2C(N)[C@@H]2C1. The Kier molecular flexibility index (Phi) is 2.16. The molecule has 0 aromatic heterocycles. The van der Waals surface area contributed by atoms with Crippen molar-refractivity contribution < 1.29 is 0 Å². The fraction of sp³-hybridized carbons (Fsp3) is 1.00. The Balaban J connectivity index is 1.69. The first-order valence-corrected chi connectivity index (χ1v) is 5.45. The van der Waals surface area contributed by atoms with E-state index in [4.69, 9.17) is 5.73 Å². The van der Waals surface area contributed by atoms with Crippen molar-refractivity contribution in [1.82, 2.24) is 4.90 Å². The molecule has 2 fully saturated rings. The highest BCUT2D eigenvalue weighted by molar-refractivity contribution is 5.08. The maximum atomic E-state index is 5.89. The van der Waals surface area contributed by atoms with Crippen LogP contribution in [-0.2, 0) is 0 Å². The second kappa shape index (κ2) is 2.96. The van der Waals surface area contributed by atoms with Gasteiger partial charge in [0.1, 0.15) is 0 Å². The van der Waals surface area contributed by atoms with Crippen LogP contribution in [-0.4, -0.2) is 30.6 Å². The molecule has 76 valence electrons. The Morgan fingerprint density at radius 1 is 1.23 bits per heavy atom. The zero-order valence-electron chi connectivity index (χ0n) is 9.09. The Hall–Kier alpha value is -0.0800. The van der Waals surface area contributed by atoms with Gasteiger partial charge in [-0.1, -0.05) is 20.8 Å². The minimum atomic E-state index is 0.481. The third-order valence-electron chi connectivity index (χ3n) is 3.51. The Morgan fingerprint density at radius 3 is 2.23 bits per heavy atom. The molecule has 1 saturated carbocycles. The van der Waals surface area contributed by atoms with E-state index >= 15 is 0 Å². The predicted octanol–water partition coefficient (Wildman–Crippen LogP) is 1.31. The molecule has 0 amide bonds. The fourth-order valence-corrected chi connectivity index (χ4v) is 2.34. The quantitative estimate of drug-likeness (QED) is 0.697. The first kappa shape index (κ1) is 9.47. The standard InChI is InChI=1S/C11H22N2/c1-11(2,3)4-5-13-6-8-9(7-13)10(8)12/h8-10H,4-7,12H2,1-3H3/t8-,9+,10?. The van der Waals surface area contributed by atoms with Crippen molar-refractivity contribution in [3.8, 4) is 0 Å². The van der Waals surface area contributed by atoms with Crippen molar-refractivity contribution in [3.63, 3.8) is 0 Å². The van der Waals surface area contributed by atoms with Crippen LogP contribution in [0.25, 0.3) is 0 Å². The lowest BCUT2D eigenvalue weighted by Gasteiger charge is -2.24. The van der Waals surface area contributed by atoms with E-state index in [1.165, 1.54) is 26.1 Å². The van der Waals surface area contributed by atoms with E-state index < -0.39 is 0 Å². The maximum absolute atomic E-state index is 5.89. The second-order valence-electron chi connectivity index (χ2n) is 5.98. The van der Waals surface area contributed by atoms with Gasteiger partial charge in [-0.3, -0.25) is 0 Å². The number of nitrogens with zero attached hydrogens (tertiary/aromatic N) is 1. The molecule has 1 aliphatic carbocycles. The Bertz CT molecular complexity index is 183. The second-order valence-corrected chi connectivity index (χ2v) is 5.98. The van der Waals surface area contributed by atoms with Gasteiger partial charge in [-0.25, -0.2) is 0 Å². The molecule has 3 atom stereocenters. The van der Waals surface area contributed by atoms with E-state index in [2.05, 4.69) is 25.7 Å². The molecular weight excluding hydrogens is 160 g/mol. The van der Waals surface area contributed by atoms with Gasteiger partial charge in [0.15, 0.2) is 0 Å². The number of likely N-dealkylation sites (tertiary alicyclic amines) is 1. The van der Waals surface area contributed by atoms with Gasteiger partial charge in [-0.15, -0.1) is 0 Å². The van der Waals surface area contributed by atoms with Gasteiger partial charge in [0.25, 0.3) is 0 Å². The summed E-state index contributed by atoms with van der Waals surface area (Å²) in [7, 11) is 0. The molecule has 2 heteroatoms. The molecule has 1 unspecified atom stereocenters. The number of nitrogens with two attached hydrogens (primary N) is 1. The highest BCUT2D eigenvalue weighted by atomic mass is 15.2. The summed E-state index contributed by atoms with van der Waals surface area (Å²) in [5.74, 6) is 1.69. The van der Waals surface area contributed by atoms with Crippen LogP contribution in [0.4, 0.5) is 0 Å². The molecule has 1 heterocycles. The van der Waals surface area contributed by atoms with Crippen LogP contribution < -0.4 is 5.73 Å². The van der Waals surface area contributed by atoms with Gasteiger partial charge in [-0.2, -0.15) is 0 Å². The van der Waals surface area contributed by atoms with Gasteiger partial charge in [0.2, 0.25) is 0 Å². The monoisotopic (exact) mass is 182 g/mol. The van der Waals surface area contributed by atoms with Crippen molar-refractivity contribution in [3.05, 3.63) is 0 Å². The van der Waals surface area contributed by atoms with Gasteiger partial charge in [0, 0.05) is 19.1 Å². The molecular formula is C11H22N2. The summed E-state index contributed by atoms with van der Waals surface area (Å²) in [6.07, 6.45) is 1.31. The van der Waals surface area contributed by atoms with Crippen molar-refractivity contribution in [1.29, 1.82) is 0 Å². The van der Waals surface area contributed by atoms with E-state index in [0.717, 1.165) is 11.8 Å². The molecule has 0 aromatic rings. The molecule has 2 nitrogen and oxygen atoms in total. The third kappa shape index (κ3) is 2.05. The third-order valence-corrected chi connectivity index (χ3v) is 3.51. The van der Waals surface area contributed by atoms with Gasteiger partial charge >= 0.3 is 0 Å². The average Bonchev–Trinajstić information content (AvgIpc) is 2.50. The predicted molar refractivity (Wildman–Crippen MR) is 55.5 cm³/mol. The lowest BCUT2D eigenvalue weighted by molar-refractivity contribution is 0.243. The van der Waals surface area contributed by atoms with Crippen molar-refractivity contribution >= 4 is 0 Å². The minimum absolute atomic E-state index is 0.481. The highest BCUT2D eigenvalue weighted by Crippen LogP contribution is 2.43. The molecule has 2 rings (SSSR count). The lowest BCUT2D eigenvalue weighted by atomic mass is 9.92. The molecule has 1 saturated heterocycles. The van der Waals surface area contributed by atoms with Crippen LogP contribution in [0.2, 0.25) is 0 Å². The fourth-order valence-electron chi connectivity index (χ4n) is 2.34. The van der Waals surface area contributed by atoms with Crippen LogP contribution in [0.5, 0.6) is 0 Å². The van der Waals surface area contributed by atoms with Gasteiger partial charge in [-0.05, 0) is 30.2 Å². The van der Waals surface area contributed by atoms with E-state index in [1.807, 2.05) is 0 Å². The van der Waals surface area contributed by atoms with Crippen LogP contribution in [0.15, 0.2) is 0 Å². The molecule has 0 aromatic carbocycles. The van der Waals surface area contributed by atoms with E-state index in [0.29, 0.717) is 11.5 Å².